The monoisotopic (exact) mass is 303 g/mol. The van der Waals surface area contributed by atoms with Gasteiger partial charge in [0.25, 0.3) is 0 Å². The van der Waals surface area contributed by atoms with Crippen LogP contribution in [0.15, 0.2) is 24.3 Å². The molecule has 1 aromatic carbocycles. The molecule has 0 aliphatic carbocycles. The third-order valence-electron chi connectivity index (χ3n) is 4.40. The molecule has 1 atom stereocenters. The Balaban J connectivity index is 1.72. The first kappa shape index (κ1) is 16.8. The lowest BCUT2D eigenvalue weighted by Crippen LogP contribution is -2.49. The maximum atomic E-state index is 11.9. The highest BCUT2D eigenvalue weighted by Crippen LogP contribution is 2.14. The molecule has 2 amide bonds. The summed E-state index contributed by atoms with van der Waals surface area (Å²) < 4.78 is 0. The molecule has 0 bridgehead atoms. The van der Waals surface area contributed by atoms with Crippen molar-refractivity contribution in [2.24, 2.45) is 0 Å². The van der Waals surface area contributed by atoms with E-state index < -0.39 is 0 Å². The molecule has 2 rings (SSSR count). The summed E-state index contributed by atoms with van der Waals surface area (Å²) in [6.07, 6.45) is 3.02. The first-order valence-electron chi connectivity index (χ1n) is 8.41. The fraction of sp³-hybridized carbons (Fsp3) is 0.611. The van der Waals surface area contributed by atoms with Gasteiger partial charge in [-0.05, 0) is 38.7 Å². The summed E-state index contributed by atoms with van der Waals surface area (Å²) in [4.78, 5) is 14.3. The molecule has 1 fully saturated rings. The molecule has 1 aliphatic heterocycles. The number of piperidine rings is 1. The van der Waals surface area contributed by atoms with Gasteiger partial charge in [-0.25, -0.2) is 4.79 Å². The molecular formula is C18H29N3O. The second-order valence-corrected chi connectivity index (χ2v) is 6.47. The van der Waals surface area contributed by atoms with E-state index in [0.717, 1.165) is 38.9 Å². The number of hydrogen-bond donors (Lipinski definition) is 2. The van der Waals surface area contributed by atoms with E-state index in [-0.39, 0.29) is 12.1 Å². The molecule has 0 aromatic heterocycles. The van der Waals surface area contributed by atoms with Crippen LogP contribution >= 0.6 is 0 Å². The number of benzene rings is 1. The molecule has 0 radical (unpaired) electrons. The third-order valence-corrected chi connectivity index (χ3v) is 4.40. The smallest absolute Gasteiger partial charge is 0.315 e. The number of hydrogen-bond acceptors (Lipinski definition) is 2. The number of nitrogens with one attached hydrogen (secondary N) is 2. The molecule has 1 saturated heterocycles. The predicted octanol–water partition coefficient (Wildman–Crippen LogP) is 3.06. The summed E-state index contributed by atoms with van der Waals surface area (Å²) in [6, 6.07) is 9.22. The van der Waals surface area contributed by atoms with Gasteiger partial charge < -0.3 is 10.6 Å². The number of carbonyl (C=O) groups excluding carboxylic acids is 1. The molecular weight excluding hydrogens is 274 g/mol. The predicted molar refractivity (Wildman–Crippen MR) is 90.9 cm³/mol. The highest BCUT2D eigenvalue weighted by Gasteiger charge is 2.21. The number of nitrogens with zero attached hydrogens (tertiary/aromatic N) is 1. The largest absolute Gasteiger partial charge is 0.336 e. The van der Waals surface area contributed by atoms with E-state index in [1.54, 1.807) is 0 Å². The highest BCUT2D eigenvalue weighted by molar-refractivity contribution is 5.74. The Morgan fingerprint density at radius 1 is 1.36 bits per heavy atom. The zero-order valence-electron chi connectivity index (χ0n) is 14.1. The summed E-state index contributed by atoms with van der Waals surface area (Å²) in [6.45, 7) is 9.34. The lowest BCUT2D eigenvalue weighted by atomic mass is 10.0. The molecule has 1 unspecified atom stereocenters. The minimum absolute atomic E-state index is 0.0218. The van der Waals surface area contributed by atoms with Crippen LogP contribution in [0.4, 0.5) is 4.79 Å². The van der Waals surface area contributed by atoms with Crippen LogP contribution in [0.1, 0.15) is 44.2 Å². The van der Waals surface area contributed by atoms with E-state index >= 15 is 0 Å². The van der Waals surface area contributed by atoms with Gasteiger partial charge in [-0.1, -0.05) is 36.8 Å². The Bertz CT molecular complexity index is 481. The van der Waals surface area contributed by atoms with E-state index in [4.69, 9.17) is 0 Å². The van der Waals surface area contributed by atoms with Crippen molar-refractivity contribution >= 4 is 6.03 Å². The fourth-order valence-electron chi connectivity index (χ4n) is 2.86. The Hall–Kier alpha value is -1.55. The van der Waals surface area contributed by atoms with E-state index in [2.05, 4.69) is 53.6 Å². The standard InChI is InChI=1S/C18H29N3O/c1-4-15(3)19-18(22)20-17-8-10-21(11-9-17)13-16-7-5-6-14(2)12-16/h5-7,12,15,17H,4,8-11,13H2,1-3H3,(H2,19,20,22). The van der Waals surface area contributed by atoms with E-state index in [1.807, 2.05) is 6.92 Å². The minimum atomic E-state index is -0.0218. The number of carbonyl (C=O) groups is 1. The summed E-state index contributed by atoms with van der Waals surface area (Å²) in [5, 5.41) is 6.07. The van der Waals surface area contributed by atoms with Crippen molar-refractivity contribution in [3.05, 3.63) is 35.4 Å². The van der Waals surface area contributed by atoms with Gasteiger partial charge in [0.05, 0.1) is 0 Å². The molecule has 4 nitrogen and oxygen atoms in total. The topological polar surface area (TPSA) is 44.4 Å². The van der Waals surface area contributed by atoms with Gasteiger partial charge in [0.2, 0.25) is 0 Å². The zero-order valence-corrected chi connectivity index (χ0v) is 14.1. The fourth-order valence-corrected chi connectivity index (χ4v) is 2.86. The second kappa shape index (κ2) is 8.18. The SMILES string of the molecule is CCC(C)NC(=O)NC1CCN(Cc2cccc(C)c2)CC1. The van der Waals surface area contributed by atoms with Crippen LogP contribution in [0.2, 0.25) is 0 Å². The van der Waals surface area contributed by atoms with Crippen LogP contribution in [0.25, 0.3) is 0 Å². The lowest BCUT2D eigenvalue weighted by Gasteiger charge is -2.32. The van der Waals surface area contributed by atoms with E-state index in [0.29, 0.717) is 6.04 Å². The summed E-state index contributed by atoms with van der Waals surface area (Å²) in [7, 11) is 0. The number of amides is 2. The van der Waals surface area contributed by atoms with Gasteiger partial charge in [0.1, 0.15) is 0 Å². The Kier molecular flexibility index (Phi) is 6.25. The van der Waals surface area contributed by atoms with Crippen LogP contribution in [0.3, 0.4) is 0 Å². The van der Waals surface area contributed by atoms with Gasteiger partial charge in [-0.2, -0.15) is 0 Å². The maximum Gasteiger partial charge on any atom is 0.315 e. The molecule has 0 spiro atoms. The number of aryl methyl sites for hydroxylation is 1. The lowest BCUT2D eigenvalue weighted by molar-refractivity contribution is 0.185. The highest BCUT2D eigenvalue weighted by atomic mass is 16.2. The molecule has 4 heteroatoms. The first-order valence-corrected chi connectivity index (χ1v) is 8.41. The van der Waals surface area contributed by atoms with Crippen molar-refractivity contribution in [2.75, 3.05) is 13.1 Å². The van der Waals surface area contributed by atoms with Crippen LogP contribution in [-0.4, -0.2) is 36.1 Å². The normalized spacial score (nSPS) is 18.0. The molecule has 1 aromatic rings. The number of urea groups is 1. The van der Waals surface area contributed by atoms with Crippen molar-refractivity contribution in [2.45, 2.75) is 58.7 Å². The van der Waals surface area contributed by atoms with Gasteiger partial charge in [0.15, 0.2) is 0 Å². The van der Waals surface area contributed by atoms with Crippen LogP contribution < -0.4 is 10.6 Å². The number of rotatable bonds is 5. The average molecular weight is 303 g/mol. The minimum Gasteiger partial charge on any atom is -0.336 e. The molecule has 0 saturated carbocycles. The molecule has 22 heavy (non-hydrogen) atoms. The molecule has 2 N–H and O–H groups in total. The maximum absolute atomic E-state index is 11.9. The van der Waals surface area contributed by atoms with Gasteiger partial charge >= 0.3 is 6.03 Å². The quantitative estimate of drug-likeness (QED) is 0.878. The Morgan fingerprint density at radius 2 is 2.09 bits per heavy atom. The van der Waals surface area contributed by atoms with Crippen molar-refractivity contribution in [3.63, 3.8) is 0 Å². The Labute approximate surface area is 134 Å². The third kappa shape index (κ3) is 5.34. The van der Waals surface area contributed by atoms with Gasteiger partial charge in [0, 0.05) is 31.7 Å². The van der Waals surface area contributed by atoms with Gasteiger partial charge in [-0.15, -0.1) is 0 Å². The van der Waals surface area contributed by atoms with E-state index in [1.165, 1.54) is 11.1 Å². The molecule has 1 heterocycles. The molecule has 1 aliphatic rings. The van der Waals surface area contributed by atoms with Crippen LogP contribution in [0.5, 0.6) is 0 Å². The molecule has 122 valence electrons. The van der Waals surface area contributed by atoms with Crippen molar-refractivity contribution in [1.82, 2.24) is 15.5 Å². The van der Waals surface area contributed by atoms with E-state index in [9.17, 15) is 4.79 Å². The summed E-state index contributed by atoms with van der Waals surface area (Å²) in [5.41, 5.74) is 2.69. The van der Waals surface area contributed by atoms with Gasteiger partial charge in [-0.3, -0.25) is 4.90 Å². The first-order chi connectivity index (χ1) is 10.6. The Morgan fingerprint density at radius 3 is 2.73 bits per heavy atom. The van der Waals surface area contributed by atoms with Crippen molar-refractivity contribution in [1.29, 1.82) is 0 Å². The number of likely N-dealkylation sites (tertiary alicyclic amines) is 1. The average Bonchev–Trinajstić information content (AvgIpc) is 2.49. The van der Waals surface area contributed by atoms with Crippen molar-refractivity contribution in [3.8, 4) is 0 Å². The van der Waals surface area contributed by atoms with Crippen molar-refractivity contribution < 1.29 is 4.79 Å². The van der Waals surface area contributed by atoms with Crippen LogP contribution in [0, 0.1) is 6.92 Å². The second-order valence-electron chi connectivity index (χ2n) is 6.47. The summed E-state index contributed by atoms with van der Waals surface area (Å²) >= 11 is 0. The summed E-state index contributed by atoms with van der Waals surface area (Å²) in [5.74, 6) is 0. The zero-order chi connectivity index (χ0) is 15.9. The van der Waals surface area contributed by atoms with Crippen LogP contribution in [-0.2, 0) is 6.54 Å².